The summed E-state index contributed by atoms with van der Waals surface area (Å²) in [6.07, 6.45) is -9.78. The largest absolute Gasteiger partial charge is 0.504 e. The van der Waals surface area contributed by atoms with Gasteiger partial charge in [-0.15, -0.1) is 0 Å². The summed E-state index contributed by atoms with van der Waals surface area (Å²) in [4.78, 5) is 25.4. The Balaban J connectivity index is 1.97. The lowest BCUT2D eigenvalue weighted by molar-refractivity contribution is -0.285. The van der Waals surface area contributed by atoms with E-state index in [1.165, 1.54) is 0 Å². The monoisotopic (exact) mass is 486 g/mol. The number of esters is 2. The molecule has 9 N–H and O–H groups in total. The van der Waals surface area contributed by atoms with Gasteiger partial charge in [0.25, 0.3) is 0 Å². The van der Waals surface area contributed by atoms with Gasteiger partial charge >= 0.3 is 11.9 Å². The zero-order chi connectivity index (χ0) is 27.1. The highest BCUT2D eigenvalue weighted by atomic mass is 16.7. The number of aromatic hydroxyl groups is 6. The number of aliphatic hydroxyl groups is 3. The Labute approximate surface area is 192 Å². The highest BCUT2D eigenvalue weighted by Gasteiger charge is 2.49. The minimum Gasteiger partial charge on any atom is -0.504 e. The van der Waals surface area contributed by atoms with Crippen LogP contribution in [0.5, 0.6) is 34.5 Å². The van der Waals surface area contributed by atoms with Crippen LogP contribution in [0.25, 0.3) is 0 Å². The smallest absolute Gasteiger partial charge is 0.338 e. The Morgan fingerprint density at radius 1 is 0.824 bits per heavy atom. The highest BCUT2D eigenvalue weighted by molar-refractivity contribution is 5.92. The van der Waals surface area contributed by atoms with Crippen LogP contribution >= 0.6 is 0 Å². The van der Waals surface area contributed by atoms with Crippen molar-refractivity contribution in [3.8, 4) is 34.5 Å². The van der Waals surface area contributed by atoms with Gasteiger partial charge in [0.05, 0.1) is 20.5 Å². The van der Waals surface area contributed by atoms with E-state index < -0.39 is 107 Å². The number of hydrogen-bond donors (Lipinski definition) is 9. The summed E-state index contributed by atoms with van der Waals surface area (Å²) >= 11 is 0. The fraction of sp³-hybridized carbons (Fsp3) is 0.300. The molecule has 34 heavy (non-hydrogen) atoms. The van der Waals surface area contributed by atoms with Gasteiger partial charge in [0.1, 0.15) is 12.2 Å². The summed E-state index contributed by atoms with van der Waals surface area (Å²) in [6, 6.07) is -0.840. The summed E-state index contributed by atoms with van der Waals surface area (Å²) < 4.78 is 30.5. The van der Waals surface area contributed by atoms with Crippen LogP contribution < -0.4 is 0 Å². The van der Waals surface area contributed by atoms with Crippen LogP contribution in [-0.2, 0) is 14.2 Å². The predicted octanol–water partition coefficient (Wildman–Crippen LogP) is -1.26. The van der Waals surface area contributed by atoms with Gasteiger partial charge in [-0.05, 0) is 24.2 Å². The quantitative estimate of drug-likeness (QED) is 0.177. The normalized spacial score (nSPS) is 25.2. The average molecular weight is 486 g/mol. The molecule has 184 valence electrons. The van der Waals surface area contributed by atoms with Crippen LogP contribution in [0.3, 0.4) is 0 Å². The molecular formula is C20H20O14. The zero-order valence-corrected chi connectivity index (χ0v) is 16.8. The maximum absolute atomic E-state index is 12.7. The van der Waals surface area contributed by atoms with Crippen LogP contribution in [0.2, 0.25) is 0 Å². The lowest BCUT2D eigenvalue weighted by Crippen LogP contribution is -2.61. The second-order valence-electron chi connectivity index (χ2n) is 7.01. The molecule has 14 heteroatoms. The fourth-order valence-corrected chi connectivity index (χ4v) is 3.02. The molecule has 0 bridgehead atoms. The van der Waals surface area contributed by atoms with Gasteiger partial charge < -0.3 is 60.2 Å². The van der Waals surface area contributed by atoms with Crippen LogP contribution in [-0.4, -0.2) is 95.2 Å². The summed E-state index contributed by atoms with van der Waals surface area (Å²) in [7, 11) is 0. The molecule has 3 rings (SSSR count). The van der Waals surface area contributed by atoms with Crippen molar-refractivity contribution in [1.82, 2.24) is 0 Å². The van der Waals surface area contributed by atoms with E-state index in [9.17, 15) is 55.5 Å². The number of phenolic OH excluding ortho intramolecular Hbond substituents is 6. The first-order valence-electron chi connectivity index (χ1n) is 10.3. The van der Waals surface area contributed by atoms with Gasteiger partial charge in [-0.25, -0.2) is 9.59 Å². The molecule has 0 saturated carbocycles. The second-order valence-corrected chi connectivity index (χ2v) is 7.01. The molecular weight excluding hydrogens is 464 g/mol. The third-order valence-corrected chi connectivity index (χ3v) is 4.74. The fourth-order valence-electron chi connectivity index (χ4n) is 3.02. The standard InChI is InChI=1S/C20H20O14/c21-5-12-16(33-18(29)6-1-8(22)13(26)9(23)2-6)17(15(28)20(31)32-12)34-19(30)7-3-10(24)14(27)11(25)4-7/h1-4,12,15-17,20-28,31H,5H2/t12-,15-,16-,17-,20?/m1/s1/i1D,3D. The number of benzene rings is 2. The molecule has 2 aromatic carbocycles. The van der Waals surface area contributed by atoms with Crippen LogP contribution in [0.4, 0.5) is 0 Å². The van der Waals surface area contributed by atoms with Crippen molar-refractivity contribution in [2.45, 2.75) is 30.7 Å². The Morgan fingerprint density at radius 2 is 1.26 bits per heavy atom. The van der Waals surface area contributed by atoms with Crippen LogP contribution in [0.15, 0.2) is 24.2 Å². The first kappa shape index (κ1) is 21.8. The number of aliphatic hydroxyl groups excluding tert-OH is 3. The van der Waals surface area contributed by atoms with Gasteiger partial charge in [-0.3, -0.25) is 0 Å². The van der Waals surface area contributed by atoms with Crippen molar-refractivity contribution in [2.75, 3.05) is 6.61 Å². The summed E-state index contributed by atoms with van der Waals surface area (Å²) in [6.45, 7) is -0.972. The average Bonchev–Trinajstić information content (AvgIpc) is 2.84. The molecule has 2 aromatic rings. The molecule has 1 aliphatic rings. The zero-order valence-electron chi connectivity index (χ0n) is 18.8. The molecule has 0 aromatic heterocycles. The summed E-state index contributed by atoms with van der Waals surface area (Å²) in [5, 5.41) is 87.5. The van der Waals surface area contributed by atoms with E-state index >= 15 is 0 Å². The maximum Gasteiger partial charge on any atom is 0.338 e. The number of ether oxygens (including phenoxy) is 3. The lowest BCUT2D eigenvalue weighted by atomic mass is 9.98. The molecule has 0 aliphatic carbocycles. The van der Waals surface area contributed by atoms with Gasteiger partial charge in [0, 0.05) is 0 Å². The molecule has 1 saturated heterocycles. The number of rotatable bonds is 5. The predicted molar refractivity (Wildman–Crippen MR) is 105 cm³/mol. The van der Waals surface area contributed by atoms with E-state index in [1.54, 1.807) is 0 Å². The Kier molecular flexibility index (Phi) is 6.09. The molecule has 0 radical (unpaired) electrons. The van der Waals surface area contributed by atoms with Gasteiger partial charge in [0.2, 0.25) is 0 Å². The van der Waals surface area contributed by atoms with Crippen molar-refractivity contribution in [2.24, 2.45) is 0 Å². The number of phenols is 6. The van der Waals surface area contributed by atoms with E-state index in [2.05, 4.69) is 0 Å². The number of carbonyl (C=O) groups excluding carboxylic acids is 2. The maximum atomic E-state index is 12.7. The minimum atomic E-state index is -2.12. The van der Waals surface area contributed by atoms with Gasteiger partial charge in [-0.1, -0.05) is 0 Å². The van der Waals surface area contributed by atoms with Crippen molar-refractivity contribution in [3.63, 3.8) is 0 Å². The lowest BCUT2D eigenvalue weighted by Gasteiger charge is -2.41. The summed E-state index contributed by atoms with van der Waals surface area (Å²) in [5.41, 5.74) is -1.62. The Bertz CT molecular complexity index is 1120. The van der Waals surface area contributed by atoms with Crippen LogP contribution in [0, 0.1) is 0 Å². The molecule has 1 heterocycles. The van der Waals surface area contributed by atoms with Crippen molar-refractivity contribution in [1.29, 1.82) is 0 Å². The number of carbonyl (C=O) groups is 2. The van der Waals surface area contributed by atoms with E-state index in [0.717, 1.165) is 0 Å². The van der Waals surface area contributed by atoms with E-state index in [1.807, 2.05) is 0 Å². The van der Waals surface area contributed by atoms with Gasteiger partial charge in [0.15, 0.2) is 53.0 Å². The molecule has 0 amide bonds. The van der Waals surface area contributed by atoms with E-state index in [4.69, 9.17) is 17.0 Å². The van der Waals surface area contributed by atoms with E-state index in [0.29, 0.717) is 12.1 Å². The Morgan fingerprint density at radius 3 is 1.71 bits per heavy atom. The van der Waals surface area contributed by atoms with Crippen molar-refractivity contribution >= 4 is 11.9 Å². The van der Waals surface area contributed by atoms with Crippen molar-refractivity contribution in [3.05, 3.63) is 35.3 Å². The topological polar surface area (TPSA) is 244 Å². The Hall–Kier alpha value is -3.98. The van der Waals surface area contributed by atoms with E-state index in [-0.39, 0.29) is 0 Å². The van der Waals surface area contributed by atoms with Crippen LogP contribution in [0.1, 0.15) is 23.5 Å². The molecule has 1 fully saturated rings. The number of hydrogen-bond acceptors (Lipinski definition) is 14. The first-order valence-corrected chi connectivity index (χ1v) is 9.33. The molecule has 14 nitrogen and oxygen atoms in total. The summed E-state index contributed by atoms with van der Waals surface area (Å²) in [5.74, 6) is -9.54. The molecule has 1 aliphatic heterocycles. The molecule has 1 unspecified atom stereocenters. The van der Waals surface area contributed by atoms with Crippen molar-refractivity contribution < 1.29 is 72.5 Å². The van der Waals surface area contributed by atoms with Gasteiger partial charge in [-0.2, -0.15) is 0 Å². The molecule has 0 spiro atoms. The third kappa shape index (κ3) is 4.69. The second kappa shape index (κ2) is 9.48. The minimum absolute atomic E-state index is 0.556. The SMILES string of the molecule is [2H]c1c(C(=O)O[C@H]2[C@H](OC(=O)c3cc(O)c(O)c(O)c3[2H])[C@@H](O)C(O)O[C@@H]2CO)cc(O)c(O)c1O. The molecule has 5 atom stereocenters. The first-order chi connectivity index (χ1) is 16.8. The third-order valence-electron chi connectivity index (χ3n) is 4.74. The highest BCUT2D eigenvalue weighted by Crippen LogP contribution is 2.37.